The van der Waals surface area contributed by atoms with Gasteiger partial charge in [0.05, 0.1) is 0 Å². The Morgan fingerprint density at radius 3 is 2.71 bits per heavy atom. The Balaban J connectivity index is 1.95. The molecule has 0 saturated carbocycles. The van der Waals surface area contributed by atoms with Gasteiger partial charge in [-0.15, -0.1) is 0 Å². The molecule has 72 valence electrons. The van der Waals surface area contributed by atoms with Gasteiger partial charge in [-0.25, -0.2) is 4.98 Å². The van der Waals surface area contributed by atoms with Crippen LogP contribution in [0, 0.1) is 0 Å². The highest BCUT2D eigenvalue weighted by Gasteiger charge is 1.97. The molecule has 0 amide bonds. The van der Waals surface area contributed by atoms with Gasteiger partial charge in [0.2, 0.25) is 5.13 Å². The Bertz CT molecular complexity index is 387. The van der Waals surface area contributed by atoms with Crippen LogP contribution in [0.15, 0.2) is 35.5 Å². The fraction of sp³-hybridized carbons (Fsp3) is 0. The van der Waals surface area contributed by atoms with Crippen LogP contribution in [-0.4, -0.2) is 9.36 Å². The summed E-state index contributed by atoms with van der Waals surface area (Å²) in [5, 5.41) is 1.54. The Morgan fingerprint density at radius 2 is 2.07 bits per heavy atom. The van der Waals surface area contributed by atoms with E-state index in [2.05, 4.69) is 14.1 Å². The molecule has 0 fully saturated rings. The maximum atomic E-state index is 5.76. The number of anilines is 1. The molecule has 0 unspecified atom stereocenters. The molecule has 0 spiro atoms. The van der Waals surface area contributed by atoms with Crippen LogP contribution in [0.4, 0.5) is 5.13 Å². The molecule has 0 atom stereocenters. The topological polar surface area (TPSA) is 37.8 Å². The van der Waals surface area contributed by atoms with Gasteiger partial charge in [0.1, 0.15) is 6.33 Å². The van der Waals surface area contributed by atoms with E-state index >= 15 is 0 Å². The van der Waals surface area contributed by atoms with E-state index in [1.165, 1.54) is 29.8 Å². The highest BCUT2D eigenvalue weighted by molar-refractivity contribution is 8.00. The molecule has 1 aromatic carbocycles. The second-order valence-electron chi connectivity index (χ2n) is 2.40. The molecule has 0 aliphatic carbocycles. The third kappa shape index (κ3) is 2.60. The SMILES string of the molecule is Clc1ccc(SNc2ncns2)cc1. The Hall–Kier alpha value is -0.780. The van der Waals surface area contributed by atoms with E-state index in [9.17, 15) is 0 Å². The largest absolute Gasteiger partial charge is 0.300 e. The standard InChI is InChI=1S/C8H6ClN3S2/c9-6-1-3-7(4-2-6)13-12-8-10-5-11-14-8/h1-5H,(H,10,11,12). The highest BCUT2D eigenvalue weighted by Crippen LogP contribution is 2.22. The van der Waals surface area contributed by atoms with Gasteiger partial charge in [-0.2, -0.15) is 4.37 Å². The van der Waals surface area contributed by atoms with Crippen LogP contribution < -0.4 is 4.72 Å². The van der Waals surface area contributed by atoms with Gasteiger partial charge in [-0.1, -0.05) is 11.6 Å². The molecule has 6 heteroatoms. The normalized spacial score (nSPS) is 10.1. The van der Waals surface area contributed by atoms with Gasteiger partial charge in [-0.3, -0.25) is 0 Å². The molecule has 1 aromatic heterocycles. The first-order valence-corrected chi connectivity index (χ1v) is 5.76. The second-order valence-corrected chi connectivity index (χ2v) is 4.50. The van der Waals surface area contributed by atoms with Crippen LogP contribution in [0.5, 0.6) is 0 Å². The number of hydrogen-bond acceptors (Lipinski definition) is 5. The van der Waals surface area contributed by atoms with Crippen LogP contribution in [0.1, 0.15) is 0 Å². The van der Waals surface area contributed by atoms with Crippen LogP contribution in [0.25, 0.3) is 0 Å². The van der Waals surface area contributed by atoms with E-state index in [0.717, 1.165) is 15.0 Å². The van der Waals surface area contributed by atoms with Crippen molar-refractivity contribution in [3.8, 4) is 0 Å². The summed E-state index contributed by atoms with van der Waals surface area (Å²) in [5.41, 5.74) is 0. The van der Waals surface area contributed by atoms with E-state index in [-0.39, 0.29) is 0 Å². The van der Waals surface area contributed by atoms with E-state index in [1.807, 2.05) is 24.3 Å². The minimum absolute atomic E-state index is 0.741. The van der Waals surface area contributed by atoms with Crippen molar-refractivity contribution in [3.05, 3.63) is 35.6 Å². The average molecular weight is 244 g/mol. The highest BCUT2D eigenvalue weighted by atomic mass is 35.5. The fourth-order valence-corrected chi connectivity index (χ4v) is 2.04. The minimum Gasteiger partial charge on any atom is -0.300 e. The molecule has 0 aliphatic heterocycles. The summed E-state index contributed by atoms with van der Waals surface area (Å²) in [6.07, 6.45) is 1.52. The summed E-state index contributed by atoms with van der Waals surface area (Å²) in [5.74, 6) is 0. The number of nitrogens with one attached hydrogen (secondary N) is 1. The zero-order valence-electron chi connectivity index (χ0n) is 6.98. The molecule has 1 N–H and O–H groups in total. The zero-order chi connectivity index (χ0) is 9.80. The van der Waals surface area contributed by atoms with Gasteiger partial charge in [0.15, 0.2) is 0 Å². The molecule has 2 rings (SSSR count). The maximum absolute atomic E-state index is 5.76. The van der Waals surface area contributed by atoms with Gasteiger partial charge in [-0.05, 0) is 36.2 Å². The van der Waals surface area contributed by atoms with E-state index < -0.39 is 0 Å². The number of rotatable bonds is 3. The van der Waals surface area contributed by atoms with Crippen molar-refractivity contribution in [2.24, 2.45) is 0 Å². The molecule has 3 nitrogen and oxygen atoms in total. The zero-order valence-corrected chi connectivity index (χ0v) is 9.36. The van der Waals surface area contributed by atoms with Crippen molar-refractivity contribution in [2.75, 3.05) is 4.72 Å². The van der Waals surface area contributed by atoms with Crippen LogP contribution in [0.3, 0.4) is 0 Å². The minimum atomic E-state index is 0.741. The number of nitrogens with zero attached hydrogens (tertiary/aromatic N) is 2. The molecule has 14 heavy (non-hydrogen) atoms. The third-order valence-electron chi connectivity index (χ3n) is 1.43. The lowest BCUT2D eigenvalue weighted by Gasteiger charge is -2.00. The number of aromatic nitrogens is 2. The lowest BCUT2D eigenvalue weighted by molar-refractivity contribution is 1.33. The summed E-state index contributed by atoms with van der Waals surface area (Å²) in [7, 11) is 0. The molecule has 0 bridgehead atoms. The van der Waals surface area contributed by atoms with Crippen molar-refractivity contribution < 1.29 is 0 Å². The summed E-state index contributed by atoms with van der Waals surface area (Å²) < 4.78 is 6.96. The lowest BCUT2D eigenvalue weighted by atomic mass is 10.4. The Morgan fingerprint density at radius 1 is 1.29 bits per heavy atom. The van der Waals surface area contributed by atoms with E-state index in [1.54, 1.807) is 0 Å². The monoisotopic (exact) mass is 243 g/mol. The van der Waals surface area contributed by atoms with Crippen molar-refractivity contribution >= 4 is 40.2 Å². The van der Waals surface area contributed by atoms with E-state index in [4.69, 9.17) is 11.6 Å². The molecule has 0 aliphatic rings. The van der Waals surface area contributed by atoms with Gasteiger partial charge in [0.25, 0.3) is 0 Å². The number of benzene rings is 1. The van der Waals surface area contributed by atoms with Crippen molar-refractivity contribution in [3.63, 3.8) is 0 Å². The maximum Gasteiger partial charge on any atom is 0.212 e. The van der Waals surface area contributed by atoms with Crippen molar-refractivity contribution in [1.82, 2.24) is 9.36 Å². The predicted molar refractivity (Wildman–Crippen MR) is 60.8 cm³/mol. The van der Waals surface area contributed by atoms with Crippen LogP contribution in [0.2, 0.25) is 5.02 Å². The predicted octanol–water partition coefficient (Wildman–Crippen LogP) is 3.31. The molecule has 0 saturated heterocycles. The second kappa shape index (κ2) is 4.63. The first kappa shape index (κ1) is 9.76. The molecular weight excluding hydrogens is 238 g/mol. The summed E-state index contributed by atoms with van der Waals surface area (Å²) in [6, 6.07) is 7.60. The average Bonchev–Trinajstić information content (AvgIpc) is 2.70. The van der Waals surface area contributed by atoms with E-state index in [0.29, 0.717) is 0 Å². The first-order valence-electron chi connectivity index (χ1n) is 3.80. The van der Waals surface area contributed by atoms with Crippen LogP contribution in [-0.2, 0) is 0 Å². The van der Waals surface area contributed by atoms with Crippen molar-refractivity contribution in [2.45, 2.75) is 4.90 Å². The lowest BCUT2D eigenvalue weighted by Crippen LogP contribution is -1.84. The fourth-order valence-electron chi connectivity index (χ4n) is 0.823. The molecule has 2 aromatic rings. The Kier molecular flexibility index (Phi) is 3.23. The number of hydrogen-bond donors (Lipinski definition) is 1. The summed E-state index contributed by atoms with van der Waals surface area (Å²) >= 11 is 8.57. The van der Waals surface area contributed by atoms with Gasteiger partial charge >= 0.3 is 0 Å². The van der Waals surface area contributed by atoms with Gasteiger partial charge in [0, 0.05) is 21.5 Å². The third-order valence-corrected chi connectivity index (χ3v) is 3.20. The van der Waals surface area contributed by atoms with Gasteiger partial charge < -0.3 is 4.72 Å². The first-order chi connectivity index (χ1) is 6.84. The van der Waals surface area contributed by atoms with Crippen LogP contribution >= 0.6 is 35.1 Å². The summed E-state index contributed by atoms with van der Waals surface area (Å²) in [6.45, 7) is 0. The molecule has 0 radical (unpaired) electrons. The molecular formula is C8H6ClN3S2. The smallest absolute Gasteiger partial charge is 0.212 e. The number of halogens is 1. The molecule has 1 heterocycles. The quantitative estimate of drug-likeness (QED) is 0.840. The summed E-state index contributed by atoms with van der Waals surface area (Å²) in [4.78, 5) is 5.09. The van der Waals surface area contributed by atoms with Crippen molar-refractivity contribution in [1.29, 1.82) is 0 Å². The Labute approximate surface area is 94.8 Å².